The second-order valence-electron chi connectivity index (χ2n) is 2.71. The van der Waals surface area contributed by atoms with Crippen LogP contribution < -0.4 is 5.73 Å². The third-order valence-electron chi connectivity index (χ3n) is 2.01. The number of aliphatic carboxylic acids is 1. The number of hydrogen-bond acceptors (Lipinski definition) is 3. The van der Waals surface area contributed by atoms with Gasteiger partial charge in [-0.2, -0.15) is 0 Å². The Morgan fingerprint density at radius 2 is 2.00 bits per heavy atom. The standard InChI is InChI=1S/C8H18N2O2/c1-3-10(4-2)7(6-9)5-8(11)12/h7H,3-6,9H2,1-2H3,(H,11,12). The second kappa shape index (κ2) is 5.97. The first-order chi connectivity index (χ1) is 5.65. The molecule has 0 heterocycles. The molecule has 0 saturated heterocycles. The third-order valence-corrected chi connectivity index (χ3v) is 2.01. The normalized spacial score (nSPS) is 13.3. The van der Waals surface area contributed by atoms with Crippen molar-refractivity contribution in [3.05, 3.63) is 0 Å². The van der Waals surface area contributed by atoms with E-state index in [0.717, 1.165) is 13.1 Å². The van der Waals surface area contributed by atoms with E-state index in [1.807, 2.05) is 13.8 Å². The van der Waals surface area contributed by atoms with E-state index in [9.17, 15) is 4.79 Å². The summed E-state index contributed by atoms with van der Waals surface area (Å²) in [5.41, 5.74) is 5.47. The molecule has 0 fully saturated rings. The largest absolute Gasteiger partial charge is 0.481 e. The van der Waals surface area contributed by atoms with Crippen molar-refractivity contribution in [2.45, 2.75) is 26.3 Å². The molecule has 0 aromatic heterocycles. The van der Waals surface area contributed by atoms with Gasteiger partial charge in [0.2, 0.25) is 0 Å². The van der Waals surface area contributed by atoms with Gasteiger partial charge in [-0.3, -0.25) is 9.69 Å². The van der Waals surface area contributed by atoms with Gasteiger partial charge in [-0.1, -0.05) is 13.8 Å². The van der Waals surface area contributed by atoms with Crippen molar-refractivity contribution in [3.8, 4) is 0 Å². The summed E-state index contributed by atoms with van der Waals surface area (Å²) in [6.07, 6.45) is 0.137. The molecule has 4 heteroatoms. The molecule has 0 aliphatic heterocycles. The quantitative estimate of drug-likeness (QED) is 0.600. The van der Waals surface area contributed by atoms with Crippen LogP contribution in [0.4, 0.5) is 0 Å². The molecule has 12 heavy (non-hydrogen) atoms. The van der Waals surface area contributed by atoms with Gasteiger partial charge in [0.15, 0.2) is 0 Å². The van der Waals surface area contributed by atoms with Crippen LogP contribution in [0.2, 0.25) is 0 Å². The Bertz CT molecular complexity index is 135. The van der Waals surface area contributed by atoms with Gasteiger partial charge in [0.05, 0.1) is 6.42 Å². The number of carbonyl (C=O) groups is 1. The fourth-order valence-electron chi connectivity index (χ4n) is 1.30. The smallest absolute Gasteiger partial charge is 0.304 e. The van der Waals surface area contributed by atoms with E-state index in [0.29, 0.717) is 6.54 Å². The summed E-state index contributed by atoms with van der Waals surface area (Å²) in [6.45, 7) is 6.13. The second-order valence-corrected chi connectivity index (χ2v) is 2.71. The Morgan fingerprint density at radius 3 is 2.25 bits per heavy atom. The minimum atomic E-state index is -0.780. The first-order valence-corrected chi connectivity index (χ1v) is 4.31. The topological polar surface area (TPSA) is 66.6 Å². The number of nitrogens with two attached hydrogens (primary N) is 1. The van der Waals surface area contributed by atoms with Crippen LogP contribution in [0.3, 0.4) is 0 Å². The fourth-order valence-corrected chi connectivity index (χ4v) is 1.30. The number of likely N-dealkylation sites (N-methyl/N-ethyl adjacent to an activating group) is 1. The Morgan fingerprint density at radius 1 is 1.50 bits per heavy atom. The highest BCUT2D eigenvalue weighted by molar-refractivity contribution is 5.67. The van der Waals surface area contributed by atoms with Crippen LogP contribution >= 0.6 is 0 Å². The van der Waals surface area contributed by atoms with Gasteiger partial charge in [0.1, 0.15) is 0 Å². The molecule has 1 unspecified atom stereocenters. The lowest BCUT2D eigenvalue weighted by molar-refractivity contribution is -0.138. The summed E-state index contributed by atoms with van der Waals surface area (Å²) in [6, 6.07) is -0.0162. The van der Waals surface area contributed by atoms with Gasteiger partial charge >= 0.3 is 5.97 Å². The summed E-state index contributed by atoms with van der Waals surface area (Å²) in [5, 5.41) is 8.57. The highest BCUT2D eigenvalue weighted by Gasteiger charge is 2.16. The molecule has 0 radical (unpaired) electrons. The number of carboxylic acid groups (broad SMARTS) is 1. The molecule has 0 aromatic carbocycles. The minimum absolute atomic E-state index is 0.0162. The van der Waals surface area contributed by atoms with Crippen molar-refractivity contribution >= 4 is 5.97 Å². The van der Waals surface area contributed by atoms with Crippen molar-refractivity contribution in [1.82, 2.24) is 4.90 Å². The van der Waals surface area contributed by atoms with Crippen LogP contribution in [0, 0.1) is 0 Å². The molecule has 0 spiro atoms. The molecule has 0 aliphatic rings. The Hall–Kier alpha value is -0.610. The van der Waals surface area contributed by atoms with Crippen LogP contribution in [-0.2, 0) is 4.79 Å². The van der Waals surface area contributed by atoms with E-state index >= 15 is 0 Å². The molecule has 1 atom stereocenters. The summed E-state index contributed by atoms with van der Waals surface area (Å²) in [5.74, 6) is -0.780. The van der Waals surface area contributed by atoms with Gasteiger partial charge in [-0.05, 0) is 13.1 Å². The average Bonchev–Trinajstić information content (AvgIpc) is 2.04. The van der Waals surface area contributed by atoms with Crippen LogP contribution in [0.5, 0.6) is 0 Å². The maximum absolute atomic E-state index is 10.4. The van der Waals surface area contributed by atoms with Gasteiger partial charge < -0.3 is 10.8 Å². The molecular formula is C8H18N2O2. The molecule has 0 saturated carbocycles. The summed E-state index contributed by atoms with van der Waals surface area (Å²) in [4.78, 5) is 12.5. The highest BCUT2D eigenvalue weighted by atomic mass is 16.4. The Labute approximate surface area is 73.3 Å². The van der Waals surface area contributed by atoms with Gasteiger partial charge in [-0.15, -0.1) is 0 Å². The molecule has 72 valence electrons. The molecule has 0 aromatic rings. The van der Waals surface area contributed by atoms with E-state index in [1.165, 1.54) is 0 Å². The lowest BCUT2D eigenvalue weighted by Gasteiger charge is -2.26. The zero-order valence-corrected chi connectivity index (χ0v) is 7.79. The first-order valence-electron chi connectivity index (χ1n) is 4.31. The Balaban J connectivity index is 4.01. The SMILES string of the molecule is CCN(CC)C(CN)CC(=O)O. The van der Waals surface area contributed by atoms with Gasteiger partial charge in [0.25, 0.3) is 0 Å². The third kappa shape index (κ3) is 3.69. The van der Waals surface area contributed by atoms with Crippen molar-refractivity contribution in [2.75, 3.05) is 19.6 Å². The van der Waals surface area contributed by atoms with Crippen LogP contribution in [0.25, 0.3) is 0 Å². The van der Waals surface area contributed by atoms with Crippen LogP contribution in [0.1, 0.15) is 20.3 Å². The van der Waals surface area contributed by atoms with Gasteiger partial charge in [0, 0.05) is 12.6 Å². The summed E-state index contributed by atoms with van der Waals surface area (Å²) in [7, 11) is 0. The van der Waals surface area contributed by atoms with E-state index < -0.39 is 5.97 Å². The molecule has 0 bridgehead atoms. The van der Waals surface area contributed by atoms with Crippen molar-refractivity contribution in [3.63, 3.8) is 0 Å². The molecule has 0 rings (SSSR count). The zero-order valence-electron chi connectivity index (χ0n) is 7.79. The maximum Gasteiger partial charge on any atom is 0.304 e. The Kier molecular flexibility index (Phi) is 5.66. The first kappa shape index (κ1) is 11.4. The lowest BCUT2D eigenvalue weighted by Crippen LogP contribution is -2.41. The number of carboxylic acids is 1. The summed E-state index contributed by atoms with van der Waals surface area (Å²) < 4.78 is 0. The van der Waals surface area contributed by atoms with Crippen molar-refractivity contribution < 1.29 is 9.90 Å². The summed E-state index contributed by atoms with van der Waals surface area (Å²) >= 11 is 0. The lowest BCUT2D eigenvalue weighted by atomic mass is 10.2. The number of rotatable bonds is 6. The molecule has 0 aliphatic carbocycles. The van der Waals surface area contributed by atoms with E-state index in [1.54, 1.807) is 0 Å². The minimum Gasteiger partial charge on any atom is -0.481 e. The predicted octanol–water partition coefficient (Wildman–Crippen LogP) is 0.130. The molecule has 3 N–H and O–H groups in total. The van der Waals surface area contributed by atoms with Crippen molar-refractivity contribution in [1.29, 1.82) is 0 Å². The van der Waals surface area contributed by atoms with E-state index in [2.05, 4.69) is 4.90 Å². The zero-order chi connectivity index (χ0) is 9.56. The number of hydrogen-bond donors (Lipinski definition) is 2. The monoisotopic (exact) mass is 174 g/mol. The van der Waals surface area contributed by atoms with Gasteiger partial charge in [-0.25, -0.2) is 0 Å². The molecular weight excluding hydrogens is 156 g/mol. The molecule has 0 amide bonds. The average molecular weight is 174 g/mol. The fraction of sp³-hybridized carbons (Fsp3) is 0.875. The molecule has 4 nitrogen and oxygen atoms in total. The highest BCUT2D eigenvalue weighted by Crippen LogP contribution is 2.01. The van der Waals surface area contributed by atoms with Crippen LogP contribution in [-0.4, -0.2) is 41.7 Å². The maximum atomic E-state index is 10.4. The predicted molar refractivity (Wildman–Crippen MR) is 48.0 cm³/mol. The van der Waals surface area contributed by atoms with E-state index in [-0.39, 0.29) is 12.5 Å². The van der Waals surface area contributed by atoms with E-state index in [4.69, 9.17) is 10.8 Å². The van der Waals surface area contributed by atoms with Crippen molar-refractivity contribution in [2.24, 2.45) is 5.73 Å². The number of nitrogens with zero attached hydrogens (tertiary/aromatic N) is 1. The van der Waals surface area contributed by atoms with Crippen LogP contribution in [0.15, 0.2) is 0 Å².